The summed E-state index contributed by atoms with van der Waals surface area (Å²) in [4.78, 5) is 28.9. The lowest BCUT2D eigenvalue weighted by atomic mass is 10.1. The fraction of sp³-hybridized carbons (Fsp3) is 0.182. The average molecular weight is 387 g/mol. The lowest BCUT2D eigenvalue weighted by Crippen LogP contribution is -2.30. The highest BCUT2D eigenvalue weighted by Gasteiger charge is 2.15. The van der Waals surface area contributed by atoms with Gasteiger partial charge in [0.1, 0.15) is 0 Å². The molecule has 0 aliphatic heterocycles. The van der Waals surface area contributed by atoms with Crippen LogP contribution >= 0.6 is 0 Å². The lowest BCUT2D eigenvalue weighted by molar-refractivity contribution is -0.121. The minimum absolute atomic E-state index is 0.103. The molecule has 0 saturated heterocycles. The maximum absolute atomic E-state index is 12.6. The van der Waals surface area contributed by atoms with Crippen LogP contribution in [0.2, 0.25) is 0 Å². The Bertz CT molecular complexity index is 1210. The number of hydrogen-bond donors (Lipinski definition) is 1. The van der Waals surface area contributed by atoms with Gasteiger partial charge in [-0.25, -0.2) is 9.67 Å². The monoisotopic (exact) mass is 387 g/mol. The standard InChI is InChI=1S/C22H21N5O2/c1-15(16-7-9-17(10-8-16)27-12-11-23-14-27)24-21(28)13-20-18-5-3-4-6-19(18)22(29)26(2)25-20/h3-12,14-15H,13H2,1-2H3,(H,24,28)/t15-/m0/s1. The van der Waals surface area contributed by atoms with E-state index < -0.39 is 0 Å². The van der Waals surface area contributed by atoms with Gasteiger partial charge >= 0.3 is 0 Å². The molecule has 4 rings (SSSR count). The molecule has 2 heterocycles. The summed E-state index contributed by atoms with van der Waals surface area (Å²) in [6.45, 7) is 1.94. The van der Waals surface area contributed by atoms with Crippen LogP contribution in [-0.4, -0.2) is 25.2 Å². The van der Waals surface area contributed by atoms with Crippen LogP contribution in [0.3, 0.4) is 0 Å². The van der Waals surface area contributed by atoms with Crippen molar-refractivity contribution in [1.29, 1.82) is 0 Å². The van der Waals surface area contributed by atoms with Gasteiger partial charge < -0.3 is 9.88 Å². The van der Waals surface area contributed by atoms with Crippen molar-refractivity contribution >= 4 is 16.7 Å². The third-order valence-corrected chi connectivity index (χ3v) is 4.93. The molecule has 4 aromatic rings. The number of rotatable bonds is 5. The predicted molar refractivity (Wildman–Crippen MR) is 111 cm³/mol. The Balaban J connectivity index is 1.49. The number of carbonyl (C=O) groups excluding carboxylic acids is 1. The Morgan fingerprint density at radius 1 is 1.10 bits per heavy atom. The molecule has 7 nitrogen and oxygen atoms in total. The van der Waals surface area contributed by atoms with Crippen molar-refractivity contribution in [1.82, 2.24) is 24.6 Å². The minimum atomic E-state index is -0.170. The molecular formula is C22H21N5O2. The quantitative estimate of drug-likeness (QED) is 0.571. The zero-order valence-electron chi connectivity index (χ0n) is 16.2. The van der Waals surface area contributed by atoms with E-state index in [4.69, 9.17) is 0 Å². The fourth-order valence-corrected chi connectivity index (χ4v) is 3.38. The van der Waals surface area contributed by atoms with Crippen molar-refractivity contribution in [3.63, 3.8) is 0 Å². The summed E-state index contributed by atoms with van der Waals surface area (Å²) in [5, 5.41) is 8.58. The SMILES string of the molecule is C[C@H](NC(=O)Cc1nn(C)c(=O)c2ccccc12)c1ccc(-n2ccnc2)cc1. The fourth-order valence-electron chi connectivity index (χ4n) is 3.38. The Morgan fingerprint density at radius 3 is 2.52 bits per heavy atom. The highest BCUT2D eigenvalue weighted by molar-refractivity contribution is 5.88. The number of hydrogen-bond acceptors (Lipinski definition) is 4. The van der Waals surface area contributed by atoms with E-state index in [9.17, 15) is 9.59 Å². The van der Waals surface area contributed by atoms with E-state index in [2.05, 4.69) is 15.4 Å². The van der Waals surface area contributed by atoms with Crippen LogP contribution in [-0.2, 0) is 18.3 Å². The van der Waals surface area contributed by atoms with Crippen LogP contribution in [0.25, 0.3) is 16.5 Å². The zero-order valence-corrected chi connectivity index (χ0v) is 16.2. The lowest BCUT2D eigenvalue weighted by Gasteiger charge is -2.15. The molecule has 0 fully saturated rings. The predicted octanol–water partition coefficient (Wildman–Crippen LogP) is 2.54. The first kappa shape index (κ1) is 18.6. The molecule has 1 N–H and O–H groups in total. The number of nitrogens with zero attached hydrogens (tertiary/aromatic N) is 4. The molecule has 1 amide bonds. The minimum Gasteiger partial charge on any atom is -0.349 e. The summed E-state index contributed by atoms with van der Waals surface area (Å²) >= 11 is 0. The molecule has 0 spiro atoms. The molecular weight excluding hydrogens is 366 g/mol. The Hall–Kier alpha value is -3.74. The van der Waals surface area contributed by atoms with Crippen molar-refractivity contribution < 1.29 is 4.79 Å². The van der Waals surface area contributed by atoms with E-state index in [0.29, 0.717) is 16.5 Å². The molecule has 0 saturated carbocycles. The third-order valence-electron chi connectivity index (χ3n) is 4.93. The Labute approximate surface area is 167 Å². The molecule has 0 aliphatic rings. The summed E-state index contributed by atoms with van der Waals surface area (Å²) in [6, 6.07) is 15.0. The molecule has 0 radical (unpaired) electrons. The number of carbonyl (C=O) groups is 1. The number of nitrogens with one attached hydrogen (secondary N) is 1. The Kier molecular flexibility index (Phi) is 4.95. The first-order chi connectivity index (χ1) is 14.0. The van der Waals surface area contributed by atoms with Gasteiger partial charge in [-0.1, -0.05) is 30.3 Å². The van der Waals surface area contributed by atoms with Gasteiger partial charge in [0, 0.05) is 30.5 Å². The van der Waals surface area contributed by atoms with Crippen LogP contribution in [0.5, 0.6) is 0 Å². The maximum atomic E-state index is 12.6. The van der Waals surface area contributed by atoms with Gasteiger partial charge in [-0.05, 0) is 30.7 Å². The largest absolute Gasteiger partial charge is 0.349 e. The van der Waals surface area contributed by atoms with Crippen molar-refractivity contribution in [2.45, 2.75) is 19.4 Å². The van der Waals surface area contributed by atoms with Gasteiger partial charge in [0.2, 0.25) is 5.91 Å². The smallest absolute Gasteiger partial charge is 0.274 e. The first-order valence-electron chi connectivity index (χ1n) is 9.35. The van der Waals surface area contributed by atoms with Gasteiger partial charge in [-0.2, -0.15) is 5.10 Å². The Morgan fingerprint density at radius 2 is 1.83 bits per heavy atom. The van der Waals surface area contributed by atoms with E-state index in [1.165, 1.54) is 4.68 Å². The molecule has 1 atom stereocenters. The van der Waals surface area contributed by atoms with E-state index >= 15 is 0 Å². The van der Waals surface area contributed by atoms with Crippen molar-refractivity contribution in [2.24, 2.45) is 7.05 Å². The highest BCUT2D eigenvalue weighted by atomic mass is 16.1. The van der Waals surface area contributed by atoms with Gasteiger partial charge in [0.05, 0.1) is 29.9 Å². The molecule has 146 valence electrons. The van der Waals surface area contributed by atoms with Gasteiger partial charge in [0.25, 0.3) is 5.56 Å². The molecule has 0 unspecified atom stereocenters. The summed E-state index contributed by atoms with van der Waals surface area (Å²) in [6.07, 6.45) is 5.45. The second-order valence-corrected chi connectivity index (χ2v) is 6.95. The molecule has 0 bridgehead atoms. The van der Waals surface area contributed by atoms with Crippen LogP contribution in [0.1, 0.15) is 24.2 Å². The molecule has 2 aromatic heterocycles. The van der Waals surface area contributed by atoms with E-state index in [1.807, 2.05) is 60.2 Å². The number of aromatic nitrogens is 4. The second-order valence-electron chi connectivity index (χ2n) is 6.95. The normalized spacial score (nSPS) is 12.1. The highest BCUT2D eigenvalue weighted by Crippen LogP contribution is 2.17. The average Bonchev–Trinajstić information content (AvgIpc) is 3.27. The van der Waals surface area contributed by atoms with Crippen molar-refractivity contribution in [3.05, 3.63) is 88.9 Å². The van der Waals surface area contributed by atoms with E-state index in [-0.39, 0.29) is 23.9 Å². The molecule has 7 heteroatoms. The third kappa shape index (κ3) is 3.80. The number of imidazole rings is 1. The van der Waals surface area contributed by atoms with E-state index in [0.717, 1.165) is 11.3 Å². The number of aryl methyl sites for hydroxylation is 1. The summed E-state index contributed by atoms with van der Waals surface area (Å²) in [5.74, 6) is -0.146. The summed E-state index contributed by atoms with van der Waals surface area (Å²) < 4.78 is 3.20. The van der Waals surface area contributed by atoms with Gasteiger partial charge in [-0.15, -0.1) is 0 Å². The van der Waals surface area contributed by atoms with E-state index in [1.54, 1.807) is 25.6 Å². The van der Waals surface area contributed by atoms with Crippen LogP contribution in [0, 0.1) is 0 Å². The van der Waals surface area contributed by atoms with Crippen LogP contribution < -0.4 is 10.9 Å². The molecule has 0 aliphatic carbocycles. The zero-order chi connectivity index (χ0) is 20.4. The number of amides is 1. The molecule has 29 heavy (non-hydrogen) atoms. The number of fused-ring (bicyclic) bond motifs is 1. The van der Waals surface area contributed by atoms with Gasteiger partial charge in [-0.3, -0.25) is 9.59 Å². The topological polar surface area (TPSA) is 81.8 Å². The van der Waals surface area contributed by atoms with Crippen molar-refractivity contribution in [2.75, 3.05) is 0 Å². The summed E-state index contributed by atoms with van der Waals surface area (Å²) in [5.41, 5.74) is 2.42. The second kappa shape index (κ2) is 7.71. The summed E-state index contributed by atoms with van der Waals surface area (Å²) in [7, 11) is 1.60. The number of benzene rings is 2. The van der Waals surface area contributed by atoms with Crippen LogP contribution in [0.15, 0.2) is 72.0 Å². The van der Waals surface area contributed by atoms with Crippen LogP contribution in [0.4, 0.5) is 0 Å². The van der Waals surface area contributed by atoms with Crippen molar-refractivity contribution in [3.8, 4) is 5.69 Å². The van der Waals surface area contributed by atoms with Gasteiger partial charge in [0.15, 0.2) is 0 Å². The first-order valence-corrected chi connectivity index (χ1v) is 9.35. The molecule has 2 aromatic carbocycles. The maximum Gasteiger partial charge on any atom is 0.274 e.